The zero-order valence-corrected chi connectivity index (χ0v) is 15.6. The second-order valence-electron chi connectivity index (χ2n) is 8.50. The number of piperidine rings is 1. The summed E-state index contributed by atoms with van der Waals surface area (Å²) in [4.78, 5) is 31.3. The van der Waals surface area contributed by atoms with Crippen LogP contribution < -0.4 is 5.32 Å². The number of nitrogens with zero attached hydrogens (tertiary/aromatic N) is 2. The number of amides is 2. The molecule has 3 aliphatic rings. The summed E-state index contributed by atoms with van der Waals surface area (Å²) in [5.41, 5.74) is 1.07. The number of pyridine rings is 1. The normalized spacial score (nSPS) is 28.3. The molecule has 3 fully saturated rings. The Morgan fingerprint density at radius 2 is 1.96 bits per heavy atom. The van der Waals surface area contributed by atoms with Crippen LogP contribution in [-0.2, 0) is 9.59 Å². The van der Waals surface area contributed by atoms with E-state index >= 15 is 0 Å². The molecular weight excluding hydrogens is 326 g/mol. The van der Waals surface area contributed by atoms with Gasteiger partial charge in [-0.3, -0.25) is 9.59 Å². The van der Waals surface area contributed by atoms with Crippen LogP contribution in [0.1, 0.15) is 50.5 Å². The Kier molecular flexibility index (Phi) is 4.96. The summed E-state index contributed by atoms with van der Waals surface area (Å²) < 4.78 is 0. The van der Waals surface area contributed by atoms with E-state index in [4.69, 9.17) is 0 Å². The van der Waals surface area contributed by atoms with E-state index in [0.717, 1.165) is 36.7 Å². The van der Waals surface area contributed by atoms with Crippen LogP contribution in [-0.4, -0.2) is 34.8 Å². The third kappa shape index (κ3) is 3.76. The average molecular weight is 355 g/mol. The van der Waals surface area contributed by atoms with Gasteiger partial charge in [0, 0.05) is 31.6 Å². The van der Waals surface area contributed by atoms with Crippen molar-refractivity contribution >= 4 is 17.6 Å². The van der Waals surface area contributed by atoms with Crippen LogP contribution >= 0.6 is 0 Å². The summed E-state index contributed by atoms with van der Waals surface area (Å²) in [7, 11) is 0. The maximum absolute atomic E-state index is 12.6. The van der Waals surface area contributed by atoms with Gasteiger partial charge in [0.25, 0.3) is 0 Å². The number of hydrogen-bond donors (Lipinski definition) is 1. The first kappa shape index (κ1) is 17.5. The zero-order chi connectivity index (χ0) is 18.1. The third-order valence-electron chi connectivity index (χ3n) is 6.70. The lowest BCUT2D eigenvalue weighted by Crippen LogP contribution is -2.42. The Morgan fingerprint density at radius 3 is 2.58 bits per heavy atom. The van der Waals surface area contributed by atoms with Crippen LogP contribution in [0.5, 0.6) is 0 Å². The molecule has 140 valence electrons. The van der Waals surface area contributed by atoms with Crippen LogP contribution in [0.25, 0.3) is 0 Å². The second kappa shape index (κ2) is 7.37. The summed E-state index contributed by atoms with van der Waals surface area (Å²) in [6.07, 6.45) is 9.31. The van der Waals surface area contributed by atoms with Gasteiger partial charge in [0.2, 0.25) is 11.8 Å². The van der Waals surface area contributed by atoms with E-state index in [1.165, 1.54) is 25.7 Å². The van der Waals surface area contributed by atoms with E-state index in [9.17, 15) is 9.59 Å². The van der Waals surface area contributed by atoms with Crippen molar-refractivity contribution in [2.24, 2.45) is 23.7 Å². The van der Waals surface area contributed by atoms with Crippen molar-refractivity contribution in [2.75, 3.05) is 18.4 Å². The Morgan fingerprint density at radius 1 is 1.15 bits per heavy atom. The fourth-order valence-electron chi connectivity index (χ4n) is 5.14. The fraction of sp³-hybridized carbons (Fsp3) is 0.667. The molecule has 3 unspecified atom stereocenters. The van der Waals surface area contributed by atoms with Gasteiger partial charge in [-0.2, -0.15) is 0 Å². The van der Waals surface area contributed by atoms with Crippen molar-refractivity contribution in [3.8, 4) is 0 Å². The molecule has 2 amide bonds. The molecule has 4 rings (SSSR count). The fourth-order valence-corrected chi connectivity index (χ4v) is 5.14. The lowest BCUT2D eigenvalue weighted by Gasteiger charge is -2.33. The molecule has 3 atom stereocenters. The zero-order valence-electron chi connectivity index (χ0n) is 15.6. The van der Waals surface area contributed by atoms with Gasteiger partial charge < -0.3 is 10.2 Å². The summed E-state index contributed by atoms with van der Waals surface area (Å²) >= 11 is 0. The highest BCUT2D eigenvalue weighted by Crippen LogP contribution is 2.49. The molecule has 0 spiro atoms. The summed E-state index contributed by atoms with van der Waals surface area (Å²) in [5, 5.41) is 2.91. The first-order chi connectivity index (χ1) is 12.6. The van der Waals surface area contributed by atoms with Crippen LogP contribution in [0.3, 0.4) is 0 Å². The minimum absolute atomic E-state index is 0.0235. The molecule has 5 nitrogen and oxygen atoms in total. The summed E-state index contributed by atoms with van der Waals surface area (Å²) in [5.74, 6) is 3.23. The van der Waals surface area contributed by atoms with Crippen molar-refractivity contribution in [2.45, 2.75) is 51.9 Å². The van der Waals surface area contributed by atoms with Crippen molar-refractivity contribution < 1.29 is 9.59 Å². The number of rotatable bonds is 4. The van der Waals surface area contributed by atoms with Gasteiger partial charge in [0.15, 0.2) is 0 Å². The highest BCUT2D eigenvalue weighted by molar-refractivity contribution is 5.91. The number of anilines is 1. The molecule has 2 bridgehead atoms. The van der Waals surface area contributed by atoms with Crippen LogP contribution in [0, 0.1) is 30.6 Å². The maximum Gasteiger partial charge on any atom is 0.228 e. The Hall–Kier alpha value is -1.91. The molecule has 1 N–H and O–H groups in total. The topological polar surface area (TPSA) is 62.3 Å². The number of carbonyl (C=O) groups is 2. The minimum Gasteiger partial charge on any atom is -0.343 e. The predicted molar refractivity (Wildman–Crippen MR) is 100 cm³/mol. The Balaban J connectivity index is 1.23. The van der Waals surface area contributed by atoms with Gasteiger partial charge in [-0.15, -0.1) is 0 Å². The van der Waals surface area contributed by atoms with Gasteiger partial charge in [0.1, 0.15) is 5.82 Å². The van der Waals surface area contributed by atoms with E-state index in [2.05, 4.69) is 10.3 Å². The smallest absolute Gasteiger partial charge is 0.228 e. The molecular formula is C21H29N3O2. The lowest BCUT2D eigenvalue weighted by atomic mass is 9.85. The van der Waals surface area contributed by atoms with Crippen LogP contribution in [0.15, 0.2) is 18.3 Å². The number of nitrogens with one attached hydrogen (secondary N) is 1. The monoisotopic (exact) mass is 355 g/mol. The highest BCUT2D eigenvalue weighted by atomic mass is 16.2. The molecule has 2 saturated carbocycles. The molecule has 2 heterocycles. The van der Waals surface area contributed by atoms with Crippen LogP contribution in [0.4, 0.5) is 5.82 Å². The highest BCUT2D eigenvalue weighted by Gasteiger charge is 2.41. The molecule has 26 heavy (non-hydrogen) atoms. The van der Waals surface area contributed by atoms with Crippen molar-refractivity contribution in [3.63, 3.8) is 0 Å². The predicted octanol–water partition coefficient (Wildman–Crippen LogP) is 3.39. The molecule has 5 heteroatoms. The van der Waals surface area contributed by atoms with Gasteiger partial charge >= 0.3 is 0 Å². The van der Waals surface area contributed by atoms with E-state index in [1.54, 1.807) is 6.20 Å². The SMILES string of the molecule is Cc1ccc(NC(=O)C2CCN(C(=O)CC3CC4CCC3C4)CC2)nc1. The minimum atomic E-state index is -0.0235. The second-order valence-corrected chi connectivity index (χ2v) is 8.50. The molecule has 1 aromatic rings. The number of fused-ring (bicyclic) bond motifs is 2. The molecule has 1 aliphatic heterocycles. The van der Waals surface area contributed by atoms with Gasteiger partial charge in [0.05, 0.1) is 0 Å². The van der Waals surface area contributed by atoms with E-state index < -0.39 is 0 Å². The number of carbonyl (C=O) groups excluding carboxylic acids is 2. The molecule has 0 radical (unpaired) electrons. The van der Waals surface area contributed by atoms with Crippen LogP contribution in [0.2, 0.25) is 0 Å². The molecule has 0 aromatic carbocycles. The van der Waals surface area contributed by atoms with Crippen molar-refractivity contribution in [1.29, 1.82) is 0 Å². The van der Waals surface area contributed by atoms with E-state index in [-0.39, 0.29) is 11.8 Å². The quantitative estimate of drug-likeness (QED) is 0.900. The number of aromatic nitrogens is 1. The lowest BCUT2D eigenvalue weighted by molar-refractivity contribution is -0.135. The van der Waals surface area contributed by atoms with Gasteiger partial charge in [-0.25, -0.2) is 4.98 Å². The summed E-state index contributed by atoms with van der Waals surface area (Å²) in [6, 6.07) is 3.78. The van der Waals surface area contributed by atoms with E-state index in [0.29, 0.717) is 30.7 Å². The molecule has 1 saturated heterocycles. The standard InChI is InChI=1S/C21H29N3O2/c1-14-2-5-19(22-13-14)23-21(26)16-6-8-24(9-7-16)20(25)12-18-11-15-3-4-17(18)10-15/h2,5,13,15-18H,3-4,6-12H2,1H3,(H,22,23,26). The Labute approximate surface area is 155 Å². The molecule has 2 aliphatic carbocycles. The number of aryl methyl sites for hydroxylation is 1. The van der Waals surface area contributed by atoms with Crippen molar-refractivity contribution in [1.82, 2.24) is 9.88 Å². The van der Waals surface area contributed by atoms with Gasteiger partial charge in [-0.1, -0.05) is 12.5 Å². The first-order valence-corrected chi connectivity index (χ1v) is 10.1. The van der Waals surface area contributed by atoms with Gasteiger partial charge in [-0.05, 0) is 68.4 Å². The van der Waals surface area contributed by atoms with Crippen molar-refractivity contribution in [3.05, 3.63) is 23.9 Å². The maximum atomic E-state index is 12.6. The number of likely N-dealkylation sites (tertiary alicyclic amines) is 1. The van der Waals surface area contributed by atoms with E-state index in [1.807, 2.05) is 24.0 Å². The Bertz CT molecular complexity index is 664. The number of hydrogen-bond acceptors (Lipinski definition) is 3. The first-order valence-electron chi connectivity index (χ1n) is 10.1. The molecule has 1 aromatic heterocycles. The summed E-state index contributed by atoms with van der Waals surface area (Å²) in [6.45, 7) is 3.39. The largest absolute Gasteiger partial charge is 0.343 e. The third-order valence-corrected chi connectivity index (χ3v) is 6.70. The average Bonchev–Trinajstić information content (AvgIpc) is 3.27.